The van der Waals surface area contributed by atoms with Crippen LogP contribution in [0.2, 0.25) is 0 Å². The Bertz CT molecular complexity index is 1510. The molecule has 0 aliphatic carbocycles. The monoisotopic (exact) mass is 635 g/mol. The lowest BCUT2D eigenvalue weighted by Crippen LogP contribution is -2.44. The number of ether oxygens (including phenoxy) is 1. The Labute approximate surface area is 238 Å². The van der Waals surface area contributed by atoms with Gasteiger partial charge in [0.25, 0.3) is 11.1 Å². The zero-order valence-electron chi connectivity index (χ0n) is 20.2. The second-order valence-corrected chi connectivity index (χ2v) is 11.0. The molecule has 1 saturated heterocycles. The molecule has 0 radical (unpaired) electrons. The van der Waals surface area contributed by atoms with Crippen molar-refractivity contribution in [2.75, 3.05) is 13.1 Å². The van der Waals surface area contributed by atoms with Crippen LogP contribution in [-0.2, 0) is 29.2 Å². The van der Waals surface area contributed by atoms with Crippen LogP contribution in [0.3, 0.4) is 0 Å². The van der Waals surface area contributed by atoms with Gasteiger partial charge in [-0.3, -0.25) is 19.3 Å². The van der Waals surface area contributed by atoms with Gasteiger partial charge in [0.2, 0.25) is 5.91 Å². The van der Waals surface area contributed by atoms with Crippen LogP contribution in [0.1, 0.15) is 27.8 Å². The summed E-state index contributed by atoms with van der Waals surface area (Å²) < 4.78 is 6.74. The maximum atomic E-state index is 13.0. The van der Waals surface area contributed by atoms with Crippen molar-refractivity contribution in [1.29, 1.82) is 5.26 Å². The van der Waals surface area contributed by atoms with Gasteiger partial charge in [-0.05, 0) is 81.7 Å². The first-order valence-electron chi connectivity index (χ1n) is 11.9. The van der Waals surface area contributed by atoms with E-state index in [0.717, 1.165) is 43.3 Å². The minimum Gasteiger partial charge on any atom is -0.488 e. The third kappa shape index (κ3) is 5.61. The number of amides is 3. The predicted octanol–water partition coefficient (Wildman–Crippen LogP) is 5.36. The third-order valence-electron chi connectivity index (χ3n) is 6.43. The molecule has 9 heteroatoms. The Balaban J connectivity index is 1.23. The molecule has 0 unspecified atom stereocenters. The third-order valence-corrected chi connectivity index (χ3v) is 8.18. The number of carbonyl (C=O) groups excluding carboxylic acids is 3. The number of hydrogen-bond acceptors (Lipinski definition) is 6. The Morgan fingerprint density at radius 3 is 2.63 bits per heavy atom. The van der Waals surface area contributed by atoms with Crippen LogP contribution < -0.4 is 4.74 Å². The molecule has 3 amide bonds. The molecular formula is C29H22IN3O4S. The van der Waals surface area contributed by atoms with Crippen molar-refractivity contribution in [2.45, 2.75) is 19.6 Å². The van der Waals surface area contributed by atoms with Crippen molar-refractivity contribution in [2.24, 2.45) is 0 Å². The average Bonchev–Trinajstić information content (AvgIpc) is 3.19. The summed E-state index contributed by atoms with van der Waals surface area (Å²) in [7, 11) is 0. The van der Waals surface area contributed by atoms with E-state index in [1.807, 2.05) is 42.5 Å². The van der Waals surface area contributed by atoms with Crippen molar-refractivity contribution in [3.63, 3.8) is 0 Å². The summed E-state index contributed by atoms with van der Waals surface area (Å²) in [5, 5.41) is 8.81. The summed E-state index contributed by atoms with van der Waals surface area (Å²) in [6.45, 7) is 1.04. The van der Waals surface area contributed by atoms with Gasteiger partial charge in [0.15, 0.2) is 0 Å². The Morgan fingerprint density at radius 2 is 1.84 bits per heavy atom. The number of imide groups is 1. The van der Waals surface area contributed by atoms with Crippen LogP contribution >= 0.6 is 34.4 Å². The highest BCUT2D eigenvalue weighted by molar-refractivity contribution is 14.1. The highest BCUT2D eigenvalue weighted by Gasteiger charge is 2.37. The number of halogens is 1. The smallest absolute Gasteiger partial charge is 0.294 e. The van der Waals surface area contributed by atoms with Crippen LogP contribution in [-0.4, -0.2) is 39.9 Å². The first kappa shape index (κ1) is 26.0. The number of nitrogens with zero attached hydrogens (tertiary/aromatic N) is 3. The fourth-order valence-electron chi connectivity index (χ4n) is 4.37. The van der Waals surface area contributed by atoms with Gasteiger partial charge < -0.3 is 9.64 Å². The molecule has 0 bridgehead atoms. The molecule has 0 spiro atoms. The van der Waals surface area contributed by atoms with Crippen molar-refractivity contribution < 1.29 is 19.1 Å². The predicted molar refractivity (Wildman–Crippen MR) is 153 cm³/mol. The summed E-state index contributed by atoms with van der Waals surface area (Å²) in [5.74, 6) is -0.0522. The molecular weight excluding hydrogens is 613 g/mol. The lowest BCUT2D eigenvalue weighted by molar-refractivity contribution is -0.136. The van der Waals surface area contributed by atoms with Gasteiger partial charge in [-0.15, -0.1) is 0 Å². The zero-order chi connectivity index (χ0) is 26.6. The zero-order valence-corrected chi connectivity index (χ0v) is 23.2. The fourth-order valence-corrected chi connectivity index (χ4v) is 5.90. The van der Waals surface area contributed by atoms with Gasteiger partial charge in [-0.1, -0.05) is 48.5 Å². The van der Waals surface area contributed by atoms with Gasteiger partial charge in [-0.2, -0.15) is 5.26 Å². The normalized spacial score (nSPS) is 15.9. The molecule has 2 heterocycles. The lowest BCUT2D eigenvalue weighted by atomic mass is 10.00. The standard InChI is InChI=1S/C29H22IN3O4S/c30-24-13-19(9-10-25(24)37-18-23-8-4-2-6-21(23)15-31)14-26-28(35)33(29(36)38-26)17-27(34)32-12-11-20-5-1-3-7-22(20)16-32/h1-10,13-14H,11-12,16-18H2/b26-14-. The van der Waals surface area contributed by atoms with Crippen LogP contribution in [0.25, 0.3) is 6.08 Å². The largest absolute Gasteiger partial charge is 0.488 e. The van der Waals surface area contributed by atoms with Gasteiger partial charge in [0, 0.05) is 18.7 Å². The molecule has 0 saturated carbocycles. The molecule has 7 nitrogen and oxygen atoms in total. The summed E-state index contributed by atoms with van der Waals surface area (Å²) in [6, 6.07) is 22.9. The number of rotatable bonds is 6. The Kier molecular flexibility index (Phi) is 7.81. The van der Waals surface area contributed by atoms with Crippen LogP contribution in [0.15, 0.2) is 71.6 Å². The van der Waals surface area contributed by atoms with E-state index in [0.29, 0.717) is 24.4 Å². The molecule has 0 aromatic heterocycles. The number of nitriles is 1. The van der Waals surface area contributed by atoms with Crippen molar-refractivity contribution in [1.82, 2.24) is 9.80 Å². The van der Waals surface area contributed by atoms with Gasteiger partial charge in [0.05, 0.1) is 20.1 Å². The van der Waals surface area contributed by atoms with Crippen LogP contribution in [0.4, 0.5) is 4.79 Å². The Hall–Kier alpha value is -3.62. The van der Waals surface area contributed by atoms with Gasteiger partial charge in [0.1, 0.15) is 18.9 Å². The first-order valence-corrected chi connectivity index (χ1v) is 13.8. The SMILES string of the molecule is N#Cc1ccccc1COc1ccc(/C=C2\SC(=O)N(CC(=O)N3CCc4ccccc4C3)C2=O)cc1I. The molecule has 2 aliphatic rings. The van der Waals surface area contributed by atoms with Crippen LogP contribution in [0, 0.1) is 14.9 Å². The van der Waals surface area contributed by atoms with E-state index in [4.69, 9.17) is 4.74 Å². The molecule has 1 fully saturated rings. The number of hydrogen-bond donors (Lipinski definition) is 0. The number of carbonyl (C=O) groups is 3. The molecule has 2 aliphatic heterocycles. The van der Waals surface area contributed by atoms with Crippen molar-refractivity contribution >= 4 is 57.5 Å². The quantitative estimate of drug-likeness (QED) is 0.268. The molecule has 0 N–H and O–H groups in total. The van der Waals surface area contributed by atoms with Gasteiger partial charge >= 0.3 is 0 Å². The Morgan fingerprint density at radius 1 is 1.08 bits per heavy atom. The number of thioether (sulfide) groups is 1. The maximum absolute atomic E-state index is 13.0. The summed E-state index contributed by atoms with van der Waals surface area (Å²) >= 11 is 2.99. The summed E-state index contributed by atoms with van der Waals surface area (Å²) in [4.78, 5) is 41.5. The molecule has 0 atom stereocenters. The average molecular weight is 635 g/mol. The minimum absolute atomic E-state index is 0.239. The van der Waals surface area contributed by atoms with Crippen molar-refractivity contribution in [3.05, 3.63) is 103 Å². The van der Waals surface area contributed by atoms with E-state index in [1.165, 1.54) is 5.56 Å². The molecule has 3 aromatic rings. The highest BCUT2D eigenvalue weighted by Crippen LogP contribution is 2.33. The lowest BCUT2D eigenvalue weighted by Gasteiger charge is -2.29. The molecule has 190 valence electrons. The molecule has 38 heavy (non-hydrogen) atoms. The van der Waals surface area contributed by atoms with Gasteiger partial charge in [-0.25, -0.2) is 0 Å². The first-order chi connectivity index (χ1) is 18.4. The topological polar surface area (TPSA) is 90.7 Å². The number of benzene rings is 3. The maximum Gasteiger partial charge on any atom is 0.294 e. The second kappa shape index (κ2) is 11.4. The van der Waals surface area contributed by atoms with Crippen molar-refractivity contribution in [3.8, 4) is 11.8 Å². The van der Waals surface area contributed by atoms with E-state index in [2.05, 4.69) is 34.7 Å². The minimum atomic E-state index is -0.464. The molecule has 3 aromatic carbocycles. The fraction of sp³-hybridized carbons (Fsp3) is 0.172. The van der Waals surface area contributed by atoms with E-state index >= 15 is 0 Å². The highest BCUT2D eigenvalue weighted by atomic mass is 127. The molecule has 5 rings (SSSR count). The number of fused-ring (bicyclic) bond motifs is 1. The van der Waals surface area contributed by atoms with E-state index < -0.39 is 11.1 Å². The summed E-state index contributed by atoms with van der Waals surface area (Å²) in [5.41, 5.74) is 4.43. The van der Waals surface area contributed by atoms with E-state index in [9.17, 15) is 19.6 Å². The summed E-state index contributed by atoms with van der Waals surface area (Å²) in [6.07, 6.45) is 2.41. The van der Waals surface area contributed by atoms with Crippen LogP contribution in [0.5, 0.6) is 5.75 Å². The van der Waals surface area contributed by atoms with E-state index in [-0.39, 0.29) is 24.0 Å². The second-order valence-electron chi connectivity index (χ2n) is 8.85. The van der Waals surface area contributed by atoms with E-state index in [1.54, 1.807) is 29.2 Å².